The van der Waals surface area contributed by atoms with Gasteiger partial charge in [0.2, 0.25) is 5.91 Å². The lowest BCUT2D eigenvalue weighted by molar-refractivity contribution is -0.115. The molecule has 3 nitrogen and oxygen atoms in total. The summed E-state index contributed by atoms with van der Waals surface area (Å²) in [7, 11) is 0. The van der Waals surface area contributed by atoms with Gasteiger partial charge in [0, 0.05) is 17.4 Å². The largest absolute Gasteiger partial charge is 0.508 e. The molecule has 1 rings (SSSR count). The number of carbonyl (C=O) groups excluding carboxylic acids is 1. The lowest BCUT2D eigenvalue weighted by atomic mass is 10.3. The molecule has 0 saturated carbocycles. The number of phenolic OH excluding ortho intramolecular Hbond substituents is 1. The van der Waals surface area contributed by atoms with E-state index >= 15 is 0 Å². The first-order valence-electron chi connectivity index (χ1n) is 3.87. The molecule has 0 saturated heterocycles. The number of carbonyl (C=O) groups is 1. The van der Waals surface area contributed by atoms with Crippen LogP contribution in [-0.2, 0) is 4.79 Å². The Kier molecular flexibility index (Phi) is 3.76. The second-order valence-corrected chi connectivity index (χ2v) is 3.33. The van der Waals surface area contributed by atoms with Gasteiger partial charge in [-0.1, -0.05) is 15.9 Å². The zero-order valence-corrected chi connectivity index (χ0v) is 8.54. The molecular weight excluding hydrogens is 234 g/mol. The predicted octanol–water partition coefficient (Wildman–Crippen LogP) is 2.12. The number of phenols is 1. The third-order valence-electron chi connectivity index (χ3n) is 1.47. The highest BCUT2D eigenvalue weighted by atomic mass is 79.9. The molecule has 4 heteroatoms. The number of hydrogen-bond donors (Lipinski definition) is 2. The van der Waals surface area contributed by atoms with Gasteiger partial charge in [0.1, 0.15) is 5.75 Å². The van der Waals surface area contributed by atoms with E-state index in [-0.39, 0.29) is 11.7 Å². The van der Waals surface area contributed by atoms with Crippen molar-refractivity contribution < 1.29 is 9.90 Å². The van der Waals surface area contributed by atoms with Crippen molar-refractivity contribution in [2.75, 3.05) is 10.6 Å². The average molecular weight is 244 g/mol. The number of halogens is 1. The molecule has 0 unspecified atom stereocenters. The Labute approximate surface area is 84.9 Å². The number of aromatic hydroxyl groups is 1. The molecule has 1 amide bonds. The summed E-state index contributed by atoms with van der Waals surface area (Å²) in [5, 5.41) is 12.3. The first kappa shape index (κ1) is 10.1. The molecule has 0 atom stereocenters. The minimum Gasteiger partial charge on any atom is -0.508 e. The Morgan fingerprint density at radius 3 is 2.54 bits per heavy atom. The van der Waals surface area contributed by atoms with Crippen molar-refractivity contribution in [1.29, 1.82) is 0 Å². The van der Waals surface area contributed by atoms with Gasteiger partial charge in [-0.2, -0.15) is 0 Å². The summed E-state index contributed by atoms with van der Waals surface area (Å²) < 4.78 is 0. The van der Waals surface area contributed by atoms with Gasteiger partial charge >= 0.3 is 0 Å². The maximum Gasteiger partial charge on any atom is 0.225 e. The molecule has 13 heavy (non-hydrogen) atoms. The van der Waals surface area contributed by atoms with E-state index in [0.717, 1.165) is 0 Å². The zero-order valence-electron chi connectivity index (χ0n) is 6.96. The van der Waals surface area contributed by atoms with Crippen LogP contribution in [0.4, 0.5) is 5.69 Å². The minimum atomic E-state index is -0.0393. The number of anilines is 1. The van der Waals surface area contributed by atoms with Gasteiger partial charge < -0.3 is 10.4 Å². The van der Waals surface area contributed by atoms with Crippen molar-refractivity contribution in [1.82, 2.24) is 0 Å². The average Bonchev–Trinajstić information content (AvgIpc) is 2.09. The van der Waals surface area contributed by atoms with Crippen LogP contribution in [0.2, 0.25) is 0 Å². The fourth-order valence-corrected chi connectivity index (χ4v) is 1.21. The van der Waals surface area contributed by atoms with Crippen molar-refractivity contribution >= 4 is 27.5 Å². The predicted molar refractivity (Wildman–Crippen MR) is 55.1 cm³/mol. The van der Waals surface area contributed by atoms with E-state index < -0.39 is 0 Å². The maximum atomic E-state index is 11.1. The number of nitrogens with one attached hydrogen (secondary N) is 1. The van der Waals surface area contributed by atoms with E-state index in [1.54, 1.807) is 12.1 Å². The van der Waals surface area contributed by atoms with Gasteiger partial charge in [-0.05, 0) is 24.3 Å². The highest BCUT2D eigenvalue weighted by molar-refractivity contribution is 9.09. The van der Waals surface area contributed by atoms with E-state index in [4.69, 9.17) is 5.11 Å². The van der Waals surface area contributed by atoms with E-state index in [1.165, 1.54) is 12.1 Å². The third kappa shape index (κ3) is 3.46. The van der Waals surface area contributed by atoms with Gasteiger partial charge in [0.05, 0.1) is 0 Å². The van der Waals surface area contributed by atoms with Crippen LogP contribution in [0, 0.1) is 0 Å². The Balaban J connectivity index is 2.54. The molecule has 0 aliphatic heterocycles. The summed E-state index contributed by atoms with van der Waals surface area (Å²) in [5.41, 5.74) is 0.698. The molecule has 1 aromatic rings. The van der Waals surface area contributed by atoms with Gasteiger partial charge in [-0.25, -0.2) is 0 Å². The summed E-state index contributed by atoms with van der Waals surface area (Å²) >= 11 is 3.17. The van der Waals surface area contributed by atoms with Crippen molar-refractivity contribution in [2.45, 2.75) is 6.42 Å². The number of benzene rings is 1. The number of amides is 1. The van der Waals surface area contributed by atoms with Crippen molar-refractivity contribution in [3.05, 3.63) is 24.3 Å². The molecule has 0 aromatic heterocycles. The molecule has 2 N–H and O–H groups in total. The normalized spacial score (nSPS) is 9.62. The van der Waals surface area contributed by atoms with Gasteiger partial charge in [-0.15, -0.1) is 0 Å². The lowest BCUT2D eigenvalue weighted by Gasteiger charge is -2.02. The van der Waals surface area contributed by atoms with Crippen LogP contribution in [0.3, 0.4) is 0 Å². The van der Waals surface area contributed by atoms with Crippen molar-refractivity contribution in [2.24, 2.45) is 0 Å². The van der Waals surface area contributed by atoms with E-state index in [9.17, 15) is 4.79 Å². The minimum absolute atomic E-state index is 0.0393. The second kappa shape index (κ2) is 4.87. The molecule has 70 valence electrons. The van der Waals surface area contributed by atoms with Gasteiger partial charge in [0.15, 0.2) is 0 Å². The van der Waals surface area contributed by atoms with Crippen LogP contribution < -0.4 is 5.32 Å². The Morgan fingerprint density at radius 1 is 1.38 bits per heavy atom. The Bertz CT molecular complexity index is 284. The SMILES string of the molecule is O=C(CCBr)Nc1ccc(O)cc1. The van der Waals surface area contributed by atoms with E-state index in [0.29, 0.717) is 17.4 Å². The van der Waals surface area contributed by atoms with Gasteiger partial charge in [0.25, 0.3) is 0 Å². The van der Waals surface area contributed by atoms with E-state index in [1.807, 2.05) is 0 Å². The summed E-state index contributed by atoms with van der Waals surface area (Å²) in [6.45, 7) is 0. The molecule has 1 aromatic carbocycles. The number of rotatable bonds is 3. The van der Waals surface area contributed by atoms with Crippen LogP contribution in [0.25, 0.3) is 0 Å². The Hall–Kier alpha value is -1.03. The number of alkyl halides is 1. The topological polar surface area (TPSA) is 49.3 Å². The Morgan fingerprint density at radius 2 is 2.00 bits per heavy atom. The van der Waals surface area contributed by atoms with Crippen LogP contribution >= 0.6 is 15.9 Å². The molecule has 0 spiro atoms. The molecule has 0 aliphatic rings. The monoisotopic (exact) mass is 243 g/mol. The molecule has 0 radical (unpaired) electrons. The molecule has 0 heterocycles. The zero-order chi connectivity index (χ0) is 9.68. The van der Waals surface area contributed by atoms with Gasteiger partial charge in [-0.3, -0.25) is 4.79 Å². The van der Waals surface area contributed by atoms with Crippen molar-refractivity contribution in [3.63, 3.8) is 0 Å². The fraction of sp³-hybridized carbons (Fsp3) is 0.222. The summed E-state index contributed by atoms with van der Waals surface area (Å²) in [6.07, 6.45) is 0.445. The molecule has 0 aliphatic carbocycles. The second-order valence-electron chi connectivity index (χ2n) is 2.53. The molecule has 0 bridgehead atoms. The van der Waals surface area contributed by atoms with E-state index in [2.05, 4.69) is 21.2 Å². The summed E-state index contributed by atoms with van der Waals surface area (Å²) in [4.78, 5) is 11.1. The maximum absolute atomic E-state index is 11.1. The highest BCUT2D eigenvalue weighted by Crippen LogP contribution is 2.13. The van der Waals surface area contributed by atoms with Crippen LogP contribution in [0.15, 0.2) is 24.3 Å². The first-order chi connectivity index (χ1) is 6.22. The quantitative estimate of drug-likeness (QED) is 0.632. The summed E-state index contributed by atoms with van der Waals surface area (Å²) in [5.74, 6) is 0.154. The number of hydrogen-bond acceptors (Lipinski definition) is 2. The molecule has 0 fully saturated rings. The molecular formula is C9H10BrNO2. The first-order valence-corrected chi connectivity index (χ1v) is 4.99. The fourth-order valence-electron chi connectivity index (χ4n) is 0.854. The summed E-state index contributed by atoms with van der Waals surface area (Å²) in [6, 6.07) is 6.37. The third-order valence-corrected chi connectivity index (χ3v) is 1.87. The smallest absolute Gasteiger partial charge is 0.225 e. The van der Waals surface area contributed by atoms with Crippen LogP contribution in [0.1, 0.15) is 6.42 Å². The van der Waals surface area contributed by atoms with Crippen molar-refractivity contribution in [3.8, 4) is 5.75 Å². The standard InChI is InChI=1S/C9H10BrNO2/c10-6-5-9(13)11-7-1-3-8(12)4-2-7/h1-4,12H,5-6H2,(H,11,13). The van der Waals surface area contributed by atoms with Crippen LogP contribution in [0.5, 0.6) is 5.75 Å². The van der Waals surface area contributed by atoms with Crippen LogP contribution in [-0.4, -0.2) is 16.3 Å². The lowest BCUT2D eigenvalue weighted by Crippen LogP contribution is -2.11. The highest BCUT2D eigenvalue weighted by Gasteiger charge is 1.99.